The Hall–Kier alpha value is -0.0800. The van der Waals surface area contributed by atoms with Crippen molar-refractivity contribution in [1.82, 2.24) is 0 Å². The third kappa shape index (κ3) is 13.9. The molecule has 0 rings (SSSR count). The van der Waals surface area contributed by atoms with Gasteiger partial charge in [0.05, 0.1) is 5.60 Å². The predicted octanol–water partition coefficient (Wildman–Crippen LogP) is 3.60. The first-order valence-electron chi connectivity index (χ1n) is 6.13. The maximum atomic E-state index is 5.51. The molecule has 0 saturated heterocycles. The lowest BCUT2D eigenvalue weighted by atomic mass is 10.2. The predicted molar refractivity (Wildman–Crippen MR) is 65.0 cm³/mol. The Labute approximate surface area is 95.3 Å². The summed E-state index contributed by atoms with van der Waals surface area (Å²) in [4.78, 5) is 0. The van der Waals surface area contributed by atoms with Crippen LogP contribution >= 0.6 is 0 Å². The van der Waals surface area contributed by atoms with Gasteiger partial charge in [0.1, 0.15) is 0 Å². The molecule has 0 bridgehead atoms. The number of ether oxygens (including phenoxy) is 2. The van der Waals surface area contributed by atoms with Crippen molar-refractivity contribution in [3.8, 4) is 0 Å². The topological polar surface area (TPSA) is 18.5 Å². The maximum absolute atomic E-state index is 5.51. The molecule has 0 N–H and O–H groups in total. The Morgan fingerprint density at radius 3 is 2.00 bits per heavy atom. The SMILES string of the molecule is [CH2]C(C)(C)OCCCCOCCCCC. The lowest BCUT2D eigenvalue weighted by Gasteiger charge is -2.19. The fraction of sp³-hybridized carbons (Fsp3) is 0.923. The van der Waals surface area contributed by atoms with Crippen LogP contribution in [0.3, 0.4) is 0 Å². The van der Waals surface area contributed by atoms with Crippen molar-refractivity contribution < 1.29 is 9.47 Å². The van der Waals surface area contributed by atoms with Crippen molar-refractivity contribution in [3.63, 3.8) is 0 Å². The minimum atomic E-state index is -0.248. The molecule has 0 spiro atoms. The number of hydrogen-bond acceptors (Lipinski definition) is 2. The molecule has 0 aliphatic carbocycles. The molecular weight excluding hydrogens is 188 g/mol. The van der Waals surface area contributed by atoms with Crippen LogP contribution in [0.25, 0.3) is 0 Å². The van der Waals surface area contributed by atoms with E-state index in [1.165, 1.54) is 19.3 Å². The Kier molecular flexibility index (Phi) is 9.12. The summed E-state index contributed by atoms with van der Waals surface area (Å²) in [7, 11) is 0. The smallest absolute Gasteiger partial charge is 0.0627 e. The van der Waals surface area contributed by atoms with Crippen LogP contribution in [0.4, 0.5) is 0 Å². The minimum Gasteiger partial charge on any atom is -0.381 e. The van der Waals surface area contributed by atoms with Crippen molar-refractivity contribution in [2.24, 2.45) is 0 Å². The van der Waals surface area contributed by atoms with Crippen LogP contribution in [-0.2, 0) is 9.47 Å². The third-order valence-electron chi connectivity index (χ3n) is 2.07. The van der Waals surface area contributed by atoms with E-state index in [0.717, 1.165) is 32.7 Å². The van der Waals surface area contributed by atoms with Gasteiger partial charge in [-0.2, -0.15) is 0 Å². The highest BCUT2D eigenvalue weighted by atomic mass is 16.5. The van der Waals surface area contributed by atoms with Gasteiger partial charge in [-0.3, -0.25) is 0 Å². The van der Waals surface area contributed by atoms with Crippen LogP contribution in [0.1, 0.15) is 52.9 Å². The van der Waals surface area contributed by atoms with Gasteiger partial charge >= 0.3 is 0 Å². The van der Waals surface area contributed by atoms with Gasteiger partial charge in [-0.05, 0) is 40.0 Å². The van der Waals surface area contributed by atoms with Gasteiger partial charge in [0.2, 0.25) is 0 Å². The molecule has 0 atom stereocenters. The van der Waals surface area contributed by atoms with Crippen LogP contribution in [0.2, 0.25) is 0 Å². The fourth-order valence-electron chi connectivity index (χ4n) is 1.21. The highest BCUT2D eigenvalue weighted by Crippen LogP contribution is 2.07. The molecule has 0 aromatic heterocycles. The Morgan fingerprint density at radius 2 is 1.47 bits per heavy atom. The second-order valence-corrected chi connectivity index (χ2v) is 4.63. The average molecular weight is 215 g/mol. The molecule has 0 aromatic rings. The monoisotopic (exact) mass is 215 g/mol. The molecule has 0 saturated carbocycles. The van der Waals surface area contributed by atoms with Crippen LogP contribution in [-0.4, -0.2) is 25.4 Å². The summed E-state index contributed by atoms with van der Waals surface area (Å²) in [5.41, 5.74) is -0.248. The molecule has 0 heterocycles. The zero-order chi connectivity index (χ0) is 11.6. The van der Waals surface area contributed by atoms with Crippen molar-refractivity contribution in [2.45, 2.75) is 58.5 Å². The van der Waals surface area contributed by atoms with E-state index in [2.05, 4.69) is 13.8 Å². The van der Waals surface area contributed by atoms with E-state index in [1.807, 2.05) is 13.8 Å². The quantitative estimate of drug-likeness (QED) is 0.518. The first-order chi connectivity index (χ1) is 7.06. The second kappa shape index (κ2) is 9.17. The standard InChI is InChI=1S/C13H27O2/c1-5-6-7-10-14-11-8-9-12-15-13(2,3)4/h2,5-12H2,1,3-4H3. The van der Waals surface area contributed by atoms with Crippen molar-refractivity contribution in [1.29, 1.82) is 0 Å². The summed E-state index contributed by atoms with van der Waals surface area (Å²) < 4.78 is 11.0. The van der Waals surface area contributed by atoms with Gasteiger partial charge in [0.15, 0.2) is 0 Å². The summed E-state index contributed by atoms with van der Waals surface area (Å²) in [5, 5.41) is 0. The van der Waals surface area contributed by atoms with Crippen LogP contribution in [0, 0.1) is 6.92 Å². The maximum Gasteiger partial charge on any atom is 0.0627 e. The number of unbranched alkanes of at least 4 members (excludes halogenated alkanes) is 3. The summed E-state index contributed by atoms with van der Waals surface area (Å²) in [6.07, 6.45) is 5.88. The highest BCUT2D eigenvalue weighted by Gasteiger charge is 2.08. The van der Waals surface area contributed by atoms with Gasteiger partial charge in [0, 0.05) is 19.8 Å². The van der Waals surface area contributed by atoms with E-state index < -0.39 is 0 Å². The molecule has 0 fully saturated rings. The van der Waals surface area contributed by atoms with Gasteiger partial charge in [-0.15, -0.1) is 0 Å². The zero-order valence-electron chi connectivity index (χ0n) is 10.7. The van der Waals surface area contributed by atoms with E-state index in [9.17, 15) is 0 Å². The molecule has 1 radical (unpaired) electrons. The zero-order valence-corrected chi connectivity index (χ0v) is 10.7. The molecule has 0 amide bonds. The molecule has 2 nitrogen and oxygen atoms in total. The lowest BCUT2D eigenvalue weighted by molar-refractivity contribution is 0.0117. The number of rotatable bonds is 10. The lowest BCUT2D eigenvalue weighted by Crippen LogP contribution is -2.20. The van der Waals surface area contributed by atoms with E-state index in [-0.39, 0.29) is 5.60 Å². The molecular formula is C13H27O2. The van der Waals surface area contributed by atoms with E-state index in [4.69, 9.17) is 9.47 Å². The molecule has 2 heteroatoms. The average Bonchev–Trinajstić information content (AvgIpc) is 2.14. The normalized spacial score (nSPS) is 12.0. The third-order valence-corrected chi connectivity index (χ3v) is 2.07. The Balaban J connectivity index is 2.99. The number of hydrogen-bond donors (Lipinski definition) is 0. The first-order valence-corrected chi connectivity index (χ1v) is 6.13. The fourth-order valence-corrected chi connectivity index (χ4v) is 1.21. The first kappa shape index (κ1) is 14.9. The molecule has 0 aliphatic heterocycles. The molecule has 0 aliphatic rings. The van der Waals surface area contributed by atoms with Crippen LogP contribution in [0.5, 0.6) is 0 Å². The van der Waals surface area contributed by atoms with Gasteiger partial charge in [-0.25, -0.2) is 0 Å². The Morgan fingerprint density at radius 1 is 0.933 bits per heavy atom. The summed E-state index contributed by atoms with van der Waals surface area (Å²) in [5.74, 6) is 0. The minimum absolute atomic E-state index is 0.248. The van der Waals surface area contributed by atoms with Crippen molar-refractivity contribution >= 4 is 0 Å². The van der Waals surface area contributed by atoms with E-state index in [1.54, 1.807) is 0 Å². The van der Waals surface area contributed by atoms with Crippen LogP contribution < -0.4 is 0 Å². The molecule has 0 unspecified atom stereocenters. The van der Waals surface area contributed by atoms with Crippen LogP contribution in [0.15, 0.2) is 0 Å². The summed E-state index contributed by atoms with van der Waals surface area (Å²) in [6, 6.07) is 0. The molecule has 15 heavy (non-hydrogen) atoms. The Bertz CT molecular complexity index is 127. The highest BCUT2D eigenvalue weighted by molar-refractivity contribution is 4.69. The summed E-state index contributed by atoms with van der Waals surface area (Å²) in [6.45, 7) is 12.6. The van der Waals surface area contributed by atoms with E-state index in [0.29, 0.717) is 0 Å². The van der Waals surface area contributed by atoms with Gasteiger partial charge < -0.3 is 9.47 Å². The largest absolute Gasteiger partial charge is 0.381 e. The summed E-state index contributed by atoms with van der Waals surface area (Å²) >= 11 is 0. The van der Waals surface area contributed by atoms with E-state index >= 15 is 0 Å². The van der Waals surface area contributed by atoms with Crippen molar-refractivity contribution in [3.05, 3.63) is 6.92 Å². The second-order valence-electron chi connectivity index (χ2n) is 4.63. The molecule has 0 aromatic carbocycles. The van der Waals surface area contributed by atoms with Crippen molar-refractivity contribution in [2.75, 3.05) is 19.8 Å². The van der Waals surface area contributed by atoms with Gasteiger partial charge in [0.25, 0.3) is 0 Å². The molecule has 91 valence electrons. The van der Waals surface area contributed by atoms with Gasteiger partial charge in [-0.1, -0.05) is 19.8 Å².